The Hall–Kier alpha value is -1.25. The van der Waals surface area contributed by atoms with Crippen LogP contribution < -0.4 is 5.56 Å². The molecule has 3 aromatic heterocycles. The normalized spacial score (nSPS) is 17.2. The highest BCUT2D eigenvalue weighted by Crippen LogP contribution is 2.41. The lowest BCUT2D eigenvalue weighted by molar-refractivity contribution is 0.633. The highest BCUT2D eigenvalue weighted by atomic mass is 32.2. The maximum Gasteiger partial charge on any atom is 0.263 e. The summed E-state index contributed by atoms with van der Waals surface area (Å²) in [5, 5.41) is 1.61. The van der Waals surface area contributed by atoms with Crippen molar-refractivity contribution in [2.75, 3.05) is 0 Å². The van der Waals surface area contributed by atoms with Gasteiger partial charge in [0.15, 0.2) is 9.50 Å². The number of aryl methyl sites for hydroxylation is 2. The second kappa shape index (κ2) is 6.17. The van der Waals surface area contributed by atoms with Gasteiger partial charge in [-0.2, -0.15) is 4.37 Å². The Kier molecular flexibility index (Phi) is 3.94. The molecule has 0 spiro atoms. The third kappa shape index (κ3) is 2.74. The Labute approximate surface area is 157 Å². The number of nitrogens with zero attached hydrogens (tertiary/aromatic N) is 4. The zero-order valence-corrected chi connectivity index (χ0v) is 16.4. The van der Waals surface area contributed by atoms with Crippen molar-refractivity contribution in [3.63, 3.8) is 0 Å². The van der Waals surface area contributed by atoms with Crippen molar-refractivity contribution in [1.82, 2.24) is 18.9 Å². The van der Waals surface area contributed by atoms with Crippen LogP contribution in [0.25, 0.3) is 10.2 Å². The Bertz CT molecular complexity index is 1010. The molecule has 25 heavy (non-hydrogen) atoms. The van der Waals surface area contributed by atoms with Gasteiger partial charge in [0, 0.05) is 17.3 Å². The minimum atomic E-state index is 0.112. The number of hydrogen-bond donors (Lipinski definition) is 0. The van der Waals surface area contributed by atoms with Gasteiger partial charge < -0.3 is 0 Å². The molecule has 0 atom stereocenters. The van der Waals surface area contributed by atoms with E-state index in [9.17, 15) is 4.79 Å². The van der Waals surface area contributed by atoms with Crippen molar-refractivity contribution in [1.29, 1.82) is 0 Å². The SMILES string of the molecule is CCn1c(Sc2nc(C3CC3)ns2)nc2sc3c(c2c1=O)CCCC3. The molecule has 2 aliphatic carbocycles. The quantitative estimate of drug-likeness (QED) is 0.624. The maximum absolute atomic E-state index is 13.1. The molecule has 0 bridgehead atoms. The van der Waals surface area contributed by atoms with Gasteiger partial charge in [-0.25, -0.2) is 9.97 Å². The summed E-state index contributed by atoms with van der Waals surface area (Å²) in [5.74, 6) is 1.52. The molecule has 130 valence electrons. The molecule has 0 radical (unpaired) electrons. The largest absolute Gasteiger partial charge is 0.287 e. The summed E-state index contributed by atoms with van der Waals surface area (Å²) >= 11 is 4.61. The standard InChI is InChI=1S/C17H18N4OS3/c1-2-21-15(22)12-10-5-3-4-6-11(10)23-14(12)19-16(21)24-17-18-13(20-25-17)9-7-8-9/h9H,2-8H2,1H3. The van der Waals surface area contributed by atoms with Gasteiger partial charge in [-0.1, -0.05) is 0 Å². The zero-order chi connectivity index (χ0) is 17.0. The van der Waals surface area contributed by atoms with E-state index in [2.05, 4.69) is 9.36 Å². The highest BCUT2D eigenvalue weighted by Gasteiger charge is 2.28. The third-order valence-electron chi connectivity index (χ3n) is 4.90. The molecule has 5 nitrogen and oxygen atoms in total. The number of hydrogen-bond acceptors (Lipinski definition) is 7. The van der Waals surface area contributed by atoms with Gasteiger partial charge in [0.25, 0.3) is 5.56 Å². The van der Waals surface area contributed by atoms with E-state index in [0.717, 1.165) is 38.4 Å². The summed E-state index contributed by atoms with van der Waals surface area (Å²) in [6.45, 7) is 2.64. The fourth-order valence-electron chi connectivity index (χ4n) is 3.42. The van der Waals surface area contributed by atoms with Crippen LogP contribution in [0.3, 0.4) is 0 Å². The fourth-order valence-corrected chi connectivity index (χ4v) is 6.47. The zero-order valence-electron chi connectivity index (χ0n) is 13.9. The van der Waals surface area contributed by atoms with Gasteiger partial charge in [0.05, 0.1) is 5.39 Å². The van der Waals surface area contributed by atoms with Crippen LogP contribution in [0.4, 0.5) is 0 Å². The second-order valence-electron chi connectivity index (χ2n) is 6.63. The average Bonchev–Trinajstić information content (AvgIpc) is 3.24. The van der Waals surface area contributed by atoms with E-state index in [0.29, 0.717) is 12.5 Å². The first-order chi connectivity index (χ1) is 12.2. The van der Waals surface area contributed by atoms with Crippen molar-refractivity contribution in [2.24, 2.45) is 0 Å². The van der Waals surface area contributed by atoms with E-state index < -0.39 is 0 Å². The molecule has 3 aromatic rings. The smallest absolute Gasteiger partial charge is 0.263 e. The molecule has 8 heteroatoms. The van der Waals surface area contributed by atoms with Gasteiger partial charge in [-0.3, -0.25) is 9.36 Å². The van der Waals surface area contributed by atoms with E-state index in [1.54, 1.807) is 15.9 Å². The van der Waals surface area contributed by atoms with E-state index in [1.807, 2.05) is 6.92 Å². The first kappa shape index (κ1) is 16.0. The van der Waals surface area contributed by atoms with E-state index in [4.69, 9.17) is 4.98 Å². The number of aromatic nitrogens is 4. The summed E-state index contributed by atoms with van der Waals surface area (Å²) in [6.07, 6.45) is 6.90. The number of fused-ring (bicyclic) bond motifs is 3. The predicted molar refractivity (Wildman–Crippen MR) is 102 cm³/mol. The van der Waals surface area contributed by atoms with Crippen molar-refractivity contribution in [3.05, 3.63) is 26.6 Å². The molecule has 1 fully saturated rings. The number of rotatable bonds is 4. The Balaban J connectivity index is 1.60. The Morgan fingerprint density at radius 3 is 2.88 bits per heavy atom. The highest BCUT2D eigenvalue weighted by molar-refractivity contribution is 8.00. The van der Waals surface area contributed by atoms with Crippen LogP contribution in [0.15, 0.2) is 14.3 Å². The summed E-state index contributed by atoms with van der Waals surface area (Å²) in [6, 6.07) is 0. The molecule has 0 unspecified atom stereocenters. The summed E-state index contributed by atoms with van der Waals surface area (Å²) in [4.78, 5) is 24.9. The third-order valence-corrected chi connectivity index (χ3v) is 7.85. The minimum absolute atomic E-state index is 0.112. The summed E-state index contributed by atoms with van der Waals surface area (Å²) < 4.78 is 7.15. The molecule has 5 rings (SSSR count). The van der Waals surface area contributed by atoms with Gasteiger partial charge in [-0.15, -0.1) is 11.3 Å². The molecule has 0 aliphatic heterocycles. The van der Waals surface area contributed by atoms with Gasteiger partial charge >= 0.3 is 0 Å². The van der Waals surface area contributed by atoms with E-state index in [1.165, 1.54) is 59.4 Å². The van der Waals surface area contributed by atoms with E-state index >= 15 is 0 Å². The summed E-state index contributed by atoms with van der Waals surface area (Å²) in [7, 11) is 0. The van der Waals surface area contributed by atoms with E-state index in [-0.39, 0.29) is 5.56 Å². The van der Waals surface area contributed by atoms with Crippen molar-refractivity contribution < 1.29 is 0 Å². The lowest BCUT2D eigenvalue weighted by atomic mass is 9.97. The van der Waals surface area contributed by atoms with Gasteiger partial charge in [0.1, 0.15) is 10.7 Å². The monoisotopic (exact) mass is 390 g/mol. The first-order valence-corrected chi connectivity index (χ1v) is 11.2. The first-order valence-electron chi connectivity index (χ1n) is 8.81. The van der Waals surface area contributed by atoms with Crippen LogP contribution in [0.1, 0.15) is 54.8 Å². The Morgan fingerprint density at radius 2 is 2.08 bits per heavy atom. The van der Waals surface area contributed by atoms with Crippen LogP contribution in [0.2, 0.25) is 0 Å². The van der Waals surface area contributed by atoms with Crippen molar-refractivity contribution >= 4 is 44.8 Å². The molecular formula is C17H18N4OS3. The van der Waals surface area contributed by atoms with Crippen molar-refractivity contribution in [3.8, 4) is 0 Å². The molecule has 0 aromatic carbocycles. The van der Waals surface area contributed by atoms with Gasteiger partial charge in [-0.05, 0) is 74.3 Å². The molecule has 0 amide bonds. The van der Waals surface area contributed by atoms with Crippen LogP contribution in [-0.2, 0) is 19.4 Å². The maximum atomic E-state index is 13.1. The van der Waals surface area contributed by atoms with Gasteiger partial charge in [0.2, 0.25) is 0 Å². The molecule has 2 aliphatic rings. The molecule has 1 saturated carbocycles. The minimum Gasteiger partial charge on any atom is -0.287 e. The topological polar surface area (TPSA) is 60.7 Å². The molecule has 3 heterocycles. The molecule has 0 saturated heterocycles. The summed E-state index contributed by atoms with van der Waals surface area (Å²) in [5.41, 5.74) is 1.37. The molecule has 0 N–H and O–H groups in total. The lowest BCUT2D eigenvalue weighted by Crippen LogP contribution is -2.22. The van der Waals surface area contributed by atoms with Crippen molar-refractivity contribution in [2.45, 2.75) is 67.4 Å². The second-order valence-corrected chi connectivity index (χ2v) is 9.68. The lowest BCUT2D eigenvalue weighted by Gasteiger charge is -2.11. The Morgan fingerprint density at radius 1 is 1.24 bits per heavy atom. The predicted octanol–water partition coefficient (Wildman–Crippen LogP) is 4.24. The molecular weight excluding hydrogens is 372 g/mol. The average molecular weight is 391 g/mol. The number of thiophene rings is 1. The fraction of sp³-hybridized carbons (Fsp3) is 0.529. The van der Waals surface area contributed by atoms with Crippen LogP contribution in [0, 0.1) is 0 Å². The van der Waals surface area contributed by atoms with Crippen LogP contribution in [0.5, 0.6) is 0 Å². The van der Waals surface area contributed by atoms with Crippen LogP contribution in [-0.4, -0.2) is 18.9 Å². The van der Waals surface area contributed by atoms with Crippen LogP contribution >= 0.6 is 34.6 Å².